The number of benzene rings is 2. The van der Waals surface area contributed by atoms with Crippen molar-refractivity contribution in [2.75, 3.05) is 15.2 Å². The van der Waals surface area contributed by atoms with Crippen LogP contribution in [-0.2, 0) is 9.59 Å². The highest BCUT2D eigenvalue weighted by Crippen LogP contribution is 2.36. The predicted molar refractivity (Wildman–Crippen MR) is 123 cm³/mol. The highest BCUT2D eigenvalue weighted by molar-refractivity contribution is 7.81. The lowest BCUT2D eigenvalue weighted by Crippen LogP contribution is -2.59. The van der Waals surface area contributed by atoms with Gasteiger partial charge in [-0.1, -0.05) is 36.4 Å². The second kappa shape index (κ2) is 7.94. The van der Waals surface area contributed by atoms with Crippen LogP contribution in [0, 0.1) is 13.8 Å². The lowest BCUT2D eigenvalue weighted by Gasteiger charge is -2.39. The molecular formula is C21H19N5O2S2. The summed E-state index contributed by atoms with van der Waals surface area (Å²) in [5.41, 5.74) is 5.81. The maximum absolute atomic E-state index is 13.6. The Bertz CT molecular complexity index is 1090. The molecule has 3 aromatic rings. The minimum atomic E-state index is -1.13. The number of hydrogen-bond acceptors (Lipinski definition) is 7. The van der Waals surface area contributed by atoms with Crippen molar-refractivity contribution in [2.45, 2.75) is 19.8 Å². The fourth-order valence-electron chi connectivity index (χ4n) is 3.46. The summed E-state index contributed by atoms with van der Waals surface area (Å²) >= 11 is 6.90. The molecule has 0 saturated carbocycles. The molecule has 1 fully saturated rings. The van der Waals surface area contributed by atoms with Crippen molar-refractivity contribution in [1.29, 1.82) is 0 Å². The van der Waals surface area contributed by atoms with E-state index in [1.807, 2.05) is 62.4 Å². The number of nitrogen functional groups attached to an aromatic ring is 1. The predicted octanol–water partition coefficient (Wildman–Crippen LogP) is 3.49. The largest absolute Gasteiger partial charge is 0.300 e. The number of rotatable bonds is 4. The zero-order valence-corrected chi connectivity index (χ0v) is 18.0. The summed E-state index contributed by atoms with van der Waals surface area (Å²) < 4.78 is 0. The van der Waals surface area contributed by atoms with Crippen molar-refractivity contribution in [3.8, 4) is 0 Å². The molecule has 2 heterocycles. The number of hydrogen-bond donors (Lipinski definition) is 2. The molecule has 1 aliphatic heterocycles. The Morgan fingerprint density at radius 2 is 1.47 bits per heavy atom. The van der Waals surface area contributed by atoms with E-state index in [1.165, 1.54) is 21.1 Å². The SMILES string of the molecule is Cc1ccccc1N1C(=O)C(c2csc(NN)n2)C(=O)N(c2ccccc2C)C1=S. The van der Waals surface area contributed by atoms with Crippen LogP contribution in [0.2, 0.25) is 0 Å². The third-order valence-electron chi connectivity index (χ3n) is 4.97. The van der Waals surface area contributed by atoms with E-state index < -0.39 is 17.7 Å². The van der Waals surface area contributed by atoms with E-state index in [0.29, 0.717) is 22.2 Å². The fraction of sp³-hybridized carbons (Fsp3) is 0.143. The van der Waals surface area contributed by atoms with Crippen molar-refractivity contribution < 1.29 is 9.59 Å². The van der Waals surface area contributed by atoms with E-state index in [4.69, 9.17) is 18.1 Å². The molecule has 1 saturated heterocycles. The Labute approximate surface area is 183 Å². The summed E-state index contributed by atoms with van der Waals surface area (Å²) in [6.07, 6.45) is 0. The molecule has 0 atom stereocenters. The van der Waals surface area contributed by atoms with Gasteiger partial charge >= 0.3 is 0 Å². The summed E-state index contributed by atoms with van der Waals surface area (Å²) in [5, 5.41) is 2.21. The monoisotopic (exact) mass is 437 g/mol. The van der Waals surface area contributed by atoms with Crippen molar-refractivity contribution >= 4 is 57.0 Å². The number of hydrazine groups is 1. The van der Waals surface area contributed by atoms with Crippen LogP contribution in [0.15, 0.2) is 53.9 Å². The van der Waals surface area contributed by atoms with Gasteiger partial charge in [-0.3, -0.25) is 24.8 Å². The first-order valence-electron chi connectivity index (χ1n) is 9.19. The van der Waals surface area contributed by atoms with E-state index >= 15 is 0 Å². The average Bonchev–Trinajstić information content (AvgIpc) is 3.19. The first kappa shape index (κ1) is 20.1. The Morgan fingerprint density at radius 1 is 0.967 bits per heavy atom. The van der Waals surface area contributed by atoms with E-state index in [2.05, 4.69) is 10.4 Å². The number of aryl methyl sites for hydroxylation is 2. The number of nitrogens with one attached hydrogen (secondary N) is 1. The number of thiazole rings is 1. The van der Waals surface area contributed by atoms with Gasteiger partial charge in [-0.2, -0.15) is 0 Å². The zero-order chi connectivity index (χ0) is 21.4. The molecule has 2 amide bonds. The Kier molecular flexibility index (Phi) is 5.33. The van der Waals surface area contributed by atoms with Crippen LogP contribution in [0.5, 0.6) is 0 Å². The smallest absolute Gasteiger partial charge is 0.252 e. The number of carbonyl (C=O) groups is 2. The van der Waals surface area contributed by atoms with Crippen LogP contribution in [0.3, 0.4) is 0 Å². The third kappa shape index (κ3) is 3.26. The lowest BCUT2D eigenvalue weighted by molar-refractivity contribution is -0.128. The van der Waals surface area contributed by atoms with Gasteiger partial charge in [0.15, 0.2) is 16.2 Å². The lowest BCUT2D eigenvalue weighted by atomic mass is 9.98. The molecule has 0 aliphatic carbocycles. The number of thiocarbonyl (C=S) groups is 1. The number of para-hydroxylation sites is 2. The molecule has 0 radical (unpaired) electrons. The molecule has 0 bridgehead atoms. The minimum Gasteiger partial charge on any atom is -0.300 e. The van der Waals surface area contributed by atoms with E-state index in [1.54, 1.807) is 5.38 Å². The quantitative estimate of drug-likeness (QED) is 0.281. The minimum absolute atomic E-state index is 0.122. The Balaban J connectivity index is 1.90. The Morgan fingerprint density at radius 3 is 1.90 bits per heavy atom. The van der Waals surface area contributed by atoms with Crippen LogP contribution in [0.4, 0.5) is 16.5 Å². The van der Waals surface area contributed by atoms with Crippen LogP contribution in [0.1, 0.15) is 22.7 Å². The summed E-state index contributed by atoms with van der Waals surface area (Å²) in [5.74, 6) is 3.45. The van der Waals surface area contributed by atoms with Crippen molar-refractivity contribution in [2.24, 2.45) is 5.84 Å². The van der Waals surface area contributed by atoms with E-state index in [0.717, 1.165) is 11.1 Å². The van der Waals surface area contributed by atoms with Gasteiger partial charge < -0.3 is 0 Å². The molecule has 2 aromatic carbocycles. The maximum Gasteiger partial charge on any atom is 0.252 e. The summed E-state index contributed by atoms with van der Waals surface area (Å²) in [6.45, 7) is 3.79. The molecule has 1 aromatic heterocycles. The second-order valence-electron chi connectivity index (χ2n) is 6.86. The van der Waals surface area contributed by atoms with Gasteiger partial charge in [-0.05, 0) is 49.3 Å². The Hall–Kier alpha value is -3.14. The van der Waals surface area contributed by atoms with Gasteiger partial charge in [0, 0.05) is 5.38 Å². The number of nitrogens with two attached hydrogens (primary N) is 1. The summed E-state index contributed by atoms with van der Waals surface area (Å²) in [7, 11) is 0. The van der Waals surface area contributed by atoms with Crippen LogP contribution >= 0.6 is 23.6 Å². The van der Waals surface area contributed by atoms with Crippen molar-refractivity contribution in [3.63, 3.8) is 0 Å². The fourth-order valence-corrected chi connectivity index (χ4v) is 4.49. The van der Waals surface area contributed by atoms with Crippen LogP contribution in [0.25, 0.3) is 0 Å². The van der Waals surface area contributed by atoms with E-state index in [-0.39, 0.29) is 5.11 Å². The van der Waals surface area contributed by atoms with Gasteiger partial charge in [0.2, 0.25) is 0 Å². The number of aromatic nitrogens is 1. The van der Waals surface area contributed by atoms with Crippen LogP contribution in [-0.4, -0.2) is 21.9 Å². The molecule has 30 heavy (non-hydrogen) atoms. The molecule has 1 aliphatic rings. The normalized spacial score (nSPS) is 15.1. The number of amides is 2. The van der Waals surface area contributed by atoms with Crippen molar-refractivity contribution in [1.82, 2.24) is 4.98 Å². The highest BCUT2D eigenvalue weighted by atomic mass is 32.1. The van der Waals surface area contributed by atoms with Gasteiger partial charge in [-0.25, -0.2) is 10.8 Å². The van der Waals surface area contributed by atoms with Gasteiger partial charge in [0.05, 0.1) is 17.1 Å². The molecule has 7 nitrogen and oxygen atoms in total. The molecule has 0 spiro atoms. The summed E-state index contributed by atoms with van der Waals surface area (Å²) in [4.78, 5) is 34.3. The third-order valence-corrected chi connectivity index (χ3v) is 6.13. The second-order valence-corrected chi connectivity index (χ2v) is 8.08. The average molecular weight is 438 g/mol. The first-order valence-corrected chi connectivity index (χ1v) is 10.5. The molecule has 4 rings (SSSR count). The molecule has 9 heteroatoms. The van der Waals surface area contributed by atoms with Gasteiger partial charge in [0.25, 0.3) is 11.8 Å². The molecular weight excluding hydrogens is 418 g/mol. The van der Waals surface area contributed by atoms with E-state index in [9.17, 15) is 9.59 Å². The summed E-state index contributed by atoms with van der Waals surface area (Å²) in [6, 6.07) is 14.9. The topological polar surface area (TPSA) is 91.6 Å². The van der Waals surface area contributed by atoms with Crippen LogP contribution < -0.4 is 21.1 Å². The van der Waals surface area contributed by atoms with Gasteiger partial charge in [0.1, 0.15) is 0 Å². The van der Waals surface area contributed by atoms with Crippen molar-refractivity contribution in [3.05, 3.63) is 70.7 Å². The zero-order valence-electron chi connectivity index (χ0n) is 16.3. The number of carbonyl (C=O) groups excluding carboxylic acids is 2. The van der Waals surface area contributed by atoms with Gasteiger partial charge in [-0.15, -0.1) is 11.3 Å². The molecule has 0 unspecified atom stereocenters. The highest BCUT2D eigenvalue weighted by Gasteiger charge is 2.47. The standard InChI is InChI=1S/C21H19N5O2S2/c1-12-7-3-5-9-15(12)25-18(27)17(14-11-30-20(23-14)24-22)19(28)26(21(25)29)16-10-6-4-8-13(16)2/h3-11,17H,22H2,1-2H3,(H,23,24). The molecule has 152 valence electrons. The number of anilines is 3. The molecule has 3 N–H and O–H groups in total. The first-order chi connectivity index (χ1) is 14.4. The number of nitrogens with zero attached hydrogens (tertiary/aromatic N) is 3. The maximum atomic E-state index is 13.6.